The van der Waals surface area contributed by atoms with Crippen molar-refractivity contribution in [2.75, 3.05) is 24.4 Å². The van der Waals surface area contributed by atoms with Crippen molar-refractivity contribution < 1.29 is 23.9 Å². The van der Waals surface area contributed by atoms with Gasteiger partial charge in [-0.3, -0.25) is 9.69 Å². The largest absolute Gasteiger partial charge is 0.466 e. The molecule has 3 N–H and O–H groups in total. The van der Waals surface area contributed by atoms with E-state index in [1.54, 1.807) is 49.4 Å². The Balaban J connectivity index is 2.44. The Morgan fingerprint density at radius 3 is 2.20 bits per heavy atom. The van der Waals surface area contributed by atoms with Crippen LogP contribution in [0.2, 0.25) is 0 Å². The van der Waals surface area contributed by atoms with E-state index >= 15 is 0 Å². The highest BCUT2D eigenvalue weighted by Crippen LogP contribution is 2.44. The number of methoxy groups -OCH3 is 2. The van der Waals surface area contributed by atoms with Crippen molar-refractivity contribution >= 4 is 29.2 Å². The number of hydrogen-bond acceptors (Lipinski definition) is 8. The molecule has 0 aliphatic carbocycles. The molecule has 0 spiro atoms. The number of ether oxygens (including phenoxy) is 2. The highest BCUT2D eigenvalue weighted by atomic mass is 16.5. The van der Waals surface area contributed by atoms with Crippen molar-refractivity contribution in [1.29, 1.82) is 5.26 Å². The molecule has 1 aliphatic rings. The Morgan fingerprint density at radius 2 is 1.66 bits per heavy atom. The van der Waals surface area contributed by atoms with Gasteiger partial charge < -0.3 is 20.5 Å². The first-order valence-electron chi connectivity index (χ1n) is 10.7. The molecule has 180 valence electrons. The van der Waals surface area contributed by atoms with E-state index in [1.165, 1.54) is 26.0 Å². The summed E-state index contributed by atoms with van der Waals surface area (Å²) in [6, 6.07) is 14.3. The van der Waals surface area contributed by atoms with Crippen LogP contribution in [-0.4, -0.2) is 32.1 Å². The van der Waals surface area contributed by atoms with Crippen LogP contribution in [0.15, 0.2) is 65.1 Å². The van der Waals surface area contributed by atoms with E-state index in [0.717, 1.165) is 5.56 Å². The van der Waals surface area contributed by atoms with Gasteiger partial charge in [-0.25, -0.2) is 9.59 Å². The van der Waals surface area contributed by atoms with Gasteiger partial charge in [-0.15, -0.1) is 0 Å². The highest BCUT2D eigenvalue weighted by molar-refractivity contribution is 6.07. The molecule has 1 unspecified atom stereocenters. The number of rotatable bonds is 5. The third-order valence-corrected chi connectivity index (χ3v) is 5.80. The first kappa shape index (κ1) is 25.1. The number of hydrogen-bond donors (Lipinski definition) is 2. The number of aryl methyl sites for hydroxylation is 1. The lowest BCUT2D eigenvalue weighted by Gasteiger charge is -2.37. The molecule has 1 heterocycles. The quantitative estimate of drug-likeness (QED) is 0.631. The molecule has 0 saturated heterocycles. The van der Waals surface area contributed by atoms with Gasteiger partial charge in [0, 0.05) is 12.6 Å². The number of nitriles is 1. The molecule has 2 aromatic carbocycles. The summed E-state index contributed by atoms with van der Waals surface area (Å²) in [5.41, 5.74) is 9.18. The molecule has 1 atom stereocenters. The van der Waals surface area contributed by atoms with Gasteiger partial charge in [0.05, 0.1) is 43.0 Å². The van der Waals surface area contributed by atoms with Gasteiger partial charge >= 0.3 is 11.9 Å². The van der Waals surface area contributed by atoms with Crippen molar-refractivity contribution in [2.24, 2.45) is 5.73 Å². The number of nitrogens with zero attached hydrogens (tertiary/aromatic N) is 2. The highest BCUT2D eigenvalue weighted by Gasteiger charge is 2.43. The molecule has 0 fully saturated rings. The number of nitrogens with one attached hydrogen (secondary N) is 1. The Hall–Kier alpha value is -4.58. The third-order valence-electron chi connectivity index (χ3n) is 5.80. The first-order valence-corrected chi connectivity index (χ1v) is 10.7. The predicted octanol–water partition coefficient (Wildman–Crippen LogP) is 3.16. The molecule has 9 nitrogen and oxygen atoms in total. The number of benzene rings is 2. The molecular weight excluding hydrogens is 448 g/mol. The van der Waals surface area contributed by atoms with Crippen molar-refractivity contribution in [3.05, 3.63) is 81.8 Å². The second-order valence-corrected chi connectivity index (χ2v) is 7.92. The van der Waals surface area contributed by atoms with Crippen molar-refractivity contribution in [3.63, 3.8) is 0 Å². The predicted molar refractivity (Wildman–Crippen MR) is 130 cm³/mol. The van der Waals surface area contributed by atoms with Crippen LogP contribution in [0.3, 0.4) is 0 Å². The van der Waals surface area contributed by atoms with Gasteiger partial charge in [-0.2, -0.15) is 5.26 Å². The summed E-state index contributed by atoms with van der Waals surface area (Å²) in [5, 5.41) is 12.9. The molecule has 2 aromatic rings. The second-order valence-electron chi connectivity index (χ2n) is 7.92. The van der Waals surface area contributed by atoms with E-state index in [2.05, 4.69) is 11.4 Å². The maximum atomic E-state index is 13.2. The SMILES string of the molecule is COC(=O)C1=C(C(=O)OC)N(c2ccc(C)c(NC(C)=O)c2C)C(N)=C(C#N)C1c1ccccc1. The van der Waals surface area contributed by atoms with Crippen molar-refractivity contribution in [2.45, 2.75) is 26.7 Å². The average Bonchev–Trinajstić information content (AvgIpc) is 2.85. The standard InChI is InChI=1S/C26H26N4O5/c1-14-11-12-19(15(2)22(14)29-16(3)31)30-23(26(33)35-5)21(25(32)34-4)20(18(13-27)24(30)28)17-9-7-6-8-10-17/h6-12,20H,28H2,1-5H3,(H,29,31). The lowest BCUT2D eigenvalue weighted by molar-refractivity contribution is -0.139. The third kappa shape index (κ3) is 4.46. The average molecular weight is 475 g/mol. The van der Waals surface area contributed by atoms with Gasteiger partial charge in [-0.05, 0) is 36.6 Å². The molecule has 0 saturated carbocycles. The molecule has 0 bridgehead atoms. The minimum atomic E-state index is -0.959. The van der Waals surface area contributed by atoms with Crippen LogP contribution in [0.25, 0.3) is 0 Å². The maximum Gasteiger partial charge on any atom is 0.355 e. The zero-order chi connectivity index (χ0) is 25.9. The van der Waals surface area contributed by atoms with E-state index in [4.69, 9.17) is 15.2 Å². The fourth-order valence-corrected chi connectivity index (χ4v) is 4.21. The van der Waals surface area contributed by atoms with E-state index < -0.39 is 17.9 Å². The fourth-order valence-electron chi connectivity index (χ4n) is 4.21. The molecule has 0 radical (unpaired) electrons. The van der Waals surface area contributed by atoms with E-state index in [9.17, 15) is 19.6 Å². The van der Waals surface area contributed by atoms with Gasteiger partial charge in [0.2, 0.25) is 5.91 Å². The fraction of sp³-hybridized carbons (Fsp3) is 0.231. The minimum absolute atomic E-state index is 0.0462. The summed E-state index contributed by atoms with van der Waals surface area (Å²) in [4.78, 5) is 39.4. The number of nitrogens with two attached hydrogens (primary N) is 1. The van der Waals surface area contributed by atoms with Crippen LogP contribution in [-0.2, 0) is 23.9 Å². The van der Waals surface area contributed by atoms with Crippen LogP contribution < -0.4 is 16.0 Å². The topological polar surface area (TPSA) is 135 Å². The van der Waals surface area contributed by atoms with Crippen LogP contribution in [0.4, 0.5) is 11.4 Å². The number of allylic oxidation sites excluding steroid dienone is 1. The molecule has 1 aliphatic heterocycles. The summed E-state index contributed by atoms with van der Waals surface area (Å²) < 4.78 is 10.1. The summed E-state index contributed by atoms with van der Waals surface area (Å²) in [6.07, 6.45) is 0. The lowest BCUT2D eigenvalue weighted by atomic mass is 9.80. The summed E-state index contributed by atoms with van der Waals surface area (Å²) >= 11 is 0. The first-order chi connectivity index (χ1) is 16.7. The molecule has 0 aromatic heterocycles. The van der Waals surface area contributed by atoms with Crippen molar-refractivity contribution in [3.8, 4) is 6.07 Å². The van der Waals surface area contributed by atoms with Crippen LogP contribution in [0.1, 0.15) is 29.5 Å². The maximum absolute atomic E-state index is 13.2. The van der Waals surface area contributed by atoms with E-state index in [-0.39, 0.29) is 28.6 Å². The number of anilines is 2. The normalized spacial score (nSPS) is 15.4. The van der Waals surface area contributed by atoms with Gasteiger partial charge in [0.1, 0.15) is 11.5 Å². The number of carbonyl (C=O) groups is 3. The lowest BCUT2D eigenvalue weighted by Crippen LogP contribution is -2.41. The second kappa shape index (κ2) is 10.1. The molecule has 3 rings (SSSR count). The van der Waals surface area contributed by atoms with Gasteiger partial charge in [0.25, 0.3) is 0 Å². The molecular formula is C26H26N4O5. The van der Waals surface area contributed by atoms with Crippen molar-refractivity contribution in [1.82, 2.24) is 0 Å². The van der Waals surface area contributed by atoms with E-state index in [0.29, 0.717) is 22.5 Å². The Kier molecular flexibility index (Phi) is 7.25. The Bertz CT molecular complexity index is 1310. The number of carbonyl (C=O) groups excluding carboxylic acids is 3. The number of amides is 1. The molecule has 1 amide bonds. The smallest absolute Gasteiger partial charge is 0.355 e. The zero-order valence-corrected chi connectivity index (χ0v) is 20.1. The zero-order valence-electron chi connectivity index (χ0n) is 20.1. The summed E-state index contributed by atoms with van der Waals surface area (Å²) in [5.74, 6) is -2.94. The van der Waals surface area contributed by atoms with Gasteiger partial charge in [0.15, 0.2) is 0 Å². The van der Waals surface area contributed by atoms with E-state index in [1.807, 2.05) is 6.92 Å². The van der Waals surface area contributed by atoms with Crippen LogP contribution in [0, 0.1) is 25.2 Å². The molecule has 35 heavy (non-hydrogen) atoms. The summed E-state index contributed by atoms with van der Waals surface area (Å²) in [7, 11) is 2.38. The Morgan fingerprint density at radius 1 is 1.03 bits per heavy atom. The van der Waals surface area contributed by atoms with Crippen LogP contribution >= 0.6 is 0 Å². The minimum Gasteiger partial charge on any atom is -0.466 e. The van der Waals surface area contributed by atoms with Crippen LogP contribution in [0.5, 0.6) is 0 Å². The summed E-state index contributed by atoms with van der Waals surface area (Å²) in [6.45, 7) is 4.94. The van der Waals surface area contributed by atoms with Gasteiger partial charge in [-0.1, -0.05) is 36.4 Å². The molecule has 9 heteroatoms. The monoisotopic (exact) mass is 474 g/mol. The Labute approximate surface area is 203 Å². The number of esters is 2.